The smallest absolute Gasteiger partial charge is 0.0759 e. The second-order valence-corrected chi connectivity index (χ2v) is 6.87. The Morgan fingerprint density at radius 3 is 2.62 bits per heavy atom. The summed E-state index contributed by atoms with van der Waals surface area (Å²) in [4.78, 5) is 9.41. The SMILES string of the molecule is CCCc1c(C)ccc2nc(-c3cccnc3)c3c(c12)CCCC3. The van der Waals surface area contributed by atoms with Crippen molar-refractivity contribution in [3.8, 4) is 11.3 Å². The molecule has 3 aromatic rings. The third-order valence-corrected chi connectivity index (χ3v) is 5.25. The van der Waals surface area contributed by atoms with Crippen LogP contribution in [0.5, 0.6) is 0 Å². The first-order valence-corrected chi connectivity index (χ1v) is 9.14. The van der Waals surface area contributed by atoms with Gasteiger partial charge in [0.05, 0.1) is 11.2 Å². The normalized spacial score (nSPS) is 13.9. The average Bonchev–Trinajstić information content (AvgIpc) is 2.64. The van der Waals surface area contributed by atoms with E-state index < -0.39 is 0 Å². The van der Waals surface area contributed by atoms with Crippen molar-refractivity contribution >= 4 is 10.9 Å². The van der Waals surface area contributed by atoms with Gasteiger partial charge in [0.1, 0.15) is 0 Å². The molecule has 1 aliphatic rings. The first kappa shape index (κ1) is 15.3. The Hall–Kier alpha value is -2.22. The molecule has 24 heavy (non-hydrogen) atoms. The Kier molecular flexibility index (Phi) is 4.05. The molecule has 122 valence electrons. The summed E-state index contributed by atoms with van der Waals surface area (Å²) in [6, 6.07) is 8.59. The molecule has 0 saturated carbocycles. The van der Waals surface area contributed by atoms with Crippen LogP contribution in [0.25, 0.3) is 22.2 Å². The van der Waals surface area contributed by atoms with E-state index in [9.17, 15) is 0 Å². The van der Waals surface area contributed by atoms with E-state index in [1.807, 2.05) is 18.5 Å². The number of aryl methyl sites for hydroxylation is 3. The van der Waals surface area contributed by atoms with Crippen molar-refractivity contribution in [1.82, 2.24) is 9.97 Å². The highest BCUT2D eigenvalue weighted by molar-refractivity contribution is 5.91. The molecule has 0 saturated heterocycles. The fourth-order valence-electron chi connectivity index (χ4n) is 4.11. The number of rotatable bonds is 3. The van der Waals surface area contributed by atoms with E-state index in [-0.39, 0.29) is 0 Å². The van der Waals surface area contributed by atoms with Gasteiger partial charge < -0.3 is 0 Å². The second kappa shape index (κ2) is 6.35. The van der Waals surface area contributed by atoms with Gasteiger partial charge in [-0.15, -0.1) is 0 Å². The number of aromatic nitrogens is 2. The van der Waals surface area contributed by atoms with Crippen molar-refractivity contribution in [3.63, 3.8) is 0 Å². The molecular weight excluding hydrogens is 292 g/mol. The van der Waals surface area contributed by atoms with Crippen molar-refractivity contribution in [2.75, 3.05) is 0 Å². The summed E-state index contributed by atoms with van der Waals surface area (Å²) in [5, 5.41) is 1.44. The molecule has 2 nitrogen and oxygen atoms in total. The van der Waals surface area contributed by atoms with E-state index in [1.165, 1.54) is 47.8 Å². The monoisotopic (exact) mass is 316 g/mol. The lowest BCUT2D eigenvalue weighted by Crippen LogP contribution is -2.09. The molecule has 0 radical (unpaired) electrons. The summed E-state index contributed by atoms with van der Waals surface area (Å²) in [6.07, 6.45) is 11.0. The molecule has 0 spiro atoms. The number of hydrogen-bond acceptors (Lipinski definition) is 2. The zero-order valence-corrected chi connectivity index (χ0v) is 14.6. The van der Waals surface area contributed by atoms with E-state index in [0.29, 0.717) is 0 Å². The minimum Gasteiger partial charge on any atom is -0.264 e. The van der Waals surface area contributed by atoms with Gasteiger partial charge in [0.15, 0.2) is 0 Å². The second-order valence-electron chi connectivity index (χ2n) is 6.87. The van der Waals surface area contributed by atoms with Crippen LogP contribution >= 0.6 is 0 Å². The molecule has 0 atom stereocenters. The summed E-state index contributed by atoms with van der Waals surface area (Å²) in [7, 11) is 0. The summed E-state index contributed by atoms with van der Waals surface area (Å²) >= 11 is 0. The summed E-state index contributed by atoms with van der Waals surface area (Å²) in [5.74, 6) is 0. The quantitative estimate of drug-likeness (QED) is 0.643. The lowest BCUT2D eigenvalue weighted by molar-refractivity contribution is 0.688. The third-order valence-electron chi connectivity index (χ3n) is 5.25. The summed E-state index contributed by atoms with van der Waals surface area (Å²) < 4.78 is 0. The minimum absolute atomic E-state index is 1.14. The van der Waals surface area contributed by atoms with Crippen LogP contribution in [0.15, 0.2) is 36.7 Å². The molecule has 2 heterocycles. The van der Waals surface area contributed by atoms with Crippen LogP contribution in [0.1, 0.15) is 48.4 Å². The molecule has 0 aliphatic heterocycles. The first-order valence-electron chi connectivity index (χ1n) is 9.14. The number of fused-ring (bicyclic) bond motifs is 3. The van der Waals surface area contributed by atoms with Crippen molar-refractivity contribution in [1.29, 1.82) is 0 Å². The van der Waals surface area contributed by atoms with Gasteiger partial charge in [-0.2, -0.15) is 0 Å². The van der Waals surface area contributed by atoms with Gasteiger partial charge in [-0.3, -0.25) is 4.98 Å². The van der Waals surface area contributed by atoms with Crippen molar-refractivity contribution in [2.45, 2.75) is 52.4 Å². The van der Waals surface area contributed by atoms with Gasteiger partial charge in [-0.25, -0.2) is 4.98 Å². The number of benzene rings is 1. The van der Waals surface area contributed by atoms with Gasteiger partial charge in [0.25, 0.3) is 0 Å². The lowest BCUT2D eigenvalue weighted by Gasteiger charge is -2.23. The fourth-order valence-corrected chi connectivity index (χ4v) is 4.11. The van der Waals surface area contributed by atoms with Crippen LogP contribution in [0.4, 0.5) is 0 Å². The van der Waals surface area contributed by atoms with E-state index in [1.54, 1.807) is 5.56 Å². The van der Waals surface area contributed by atoms with Crippen molar-refractivity contribution in [3.05, 3.63) is 58.9 Å². The maximum absolute atomic E-state index is 5.10. The average molecular weight is 316 g/mol. The van der Waals surface area contributed by atoms with Crippen LogP contribution in [0.2, 0.25) is 0 Å². The van der Waals surface area contributed by atoms with Crippen LogP contribution in [0.3, 0.4) is 0 Å². The van der Waals surface area contributed by atoms with E-state index >= 15 is 0 Å². The Balaban J connectivity index is 2.06. The molecule has 1 aromatic carbocycles. The predicted molar refractivity (Wildman–Crippen MR) is 100 cm³/mol. The van der Waals surface area contributed by atoms with Gasteiger partial charge in [-0.05, 0) is 79.5 Å². The molecule has 2 aromatic heterocycles. The highest BCUT2D eigenvalue weighted by Crippen LogP contribution is 2.37. The van der Waals surface area contributed by atoms with Crippen LogP contribution in [0, 0.1) is 6.92 Å². The maximum atomic E-state index is 5.10. The number of nitrogens with zero attached hydrogens (tertiary/aromatic N) is 2. The Labute approximate surface area is 144 Å². The zero-order chi connectivity index (χ0) is 16.5. The maximum Gasteiger partial charge on any atom is 0.0759 e. The third kappa shape index (κ3) is 2.50. The van der Waals surface area contributed by atoms with E-state index in [0.717, 1.165) is 29.6 Å². The molecule has 1 aliphatic carbocycles. The number of hydrogen-bond donors (Lipinski definition) is 0. The molecule has 4 rings (SSSR count). The number of pyridine rings is 2. The molecule has 0 amide bonds. The van der Waals surface area contributed by atoms with Gasteiger partial charge >= 0.3 is 0 Å². The highest BCUT2D eigenvalue weighted by Gasteiger charge is 2.21. The van der Waals surface area contributed by atoms with Crippen LogP contribution in [-0.2, 0) is 19.3 Å². The molecule has 2 heteroatoms. The molecule has 0 bridgehead atoms. The van der Waals surface area contributed by atoms with Gasteiger partial charge in [0.2, 0.25) is 0 Å². The highest BCUT2D eigenvalue weighted by atomic mass is 14.7. The predicted octanol–water partition coefficient (Wildman–Crippen LogP) is 5.44. The largest absolute Gasteiger partial charge is 0.264 e. The van der Waals surface area contributed by atoms with Crippen LogP contribution in [-0.4, -0.2) is 9.97 Å². The topological polar surface area (TPSA) is 25.8 Å². The molecule has 0 N–H and O–H groups in total. The van der Waals surface area contributed by atoms with E-state index in [2.05, 4.69) is 37.0 Å². The van der Waals surface area contributed by atoms with Crippen molar-refractivity contribution < 1.29 is 0 Å². The first-order chi connectivity index (χ1) is 11.8. The summed E-state index contributed by atoms with van der Waals surface area (Å²) in [6.45, 7) is 4.51. The molecular formula is C22H24N2. The lowest BCUT2D eigenvalue weighted by atomic mass is 9.84. The summed E-state index contributed by atoms with van der Waals surface area (Å²) in [5.41, 5.74) is 9.39. The minimum atomic E-state index is 1.14. The van der Waals surface area contributed by atoms with Crippen LogP contribution < -0.4 is 0 Å². The molecule has 0 fully saturated rings. The Morgan fingerprint density at radius 1 is 1.04 bits per heavy atom. The standard InChI is InChI=1S/C22H24N2/c1-3-7-17-15(2)11-12-20-21(17)18-9-4-5-10-19(18)22(24-20)16-8-6-13-23-14-16/h6,8,11-14H,3-5,7,9-10H2,1-2H3. The molecule has 0 unspecified atom stereocenters. The van der Waals surface area contributed by atoms with E-state index in [4.69, 9.17) is 4.98 Å². The fraction of sp³-hybridized carbons (Fsp3) is 0.364. The van der Waals surface area contributed by atoms with Crippen molar-refractivity contribution in [2.24, 2.45) is 0 Å². The Bertz CT molecular complexity index is 882. The Morgan fingerprint density at radius 2 is 1.88 bits per heavy atom. The van der Waals surface area contributed by atoms with Gasteiger partial charge in [-0.1, -0.05) is 19.4 Å². The van der Waals surface area contributed by atoms with Gasteiger partial charge in [0, 0.05) is 23.3 Å². The zero-order valence-electron chi connectivity index (χ0n) is 14.6.